The molecule has 0 radical (unpaired) electrons. The van der Waals surface area contributed by atoms with E-state index in [4.69, 9.17) is 4.74 Å². The van der Waals surface area contributed by atoms with Crippen LogP contribution in [0, 0.1) is 18.3 Å². The minimum Gasteiger partial charge on any atom is -0.379 e. The third kappa shape index (κ3) is 3.94. The second-order valence-corrected chi connectivity index (χ2v) is 7.96. The van der Waals surface area contributed by atoms with E-state index in [-0.39, 0.29) is 0 Å². The molecule has 3 aromatic heterocycles. The van der Waals surface area contributed by atoms with Crippen molar-refractivity contribution < 1.29 is 4.74 Å². The second kappa shape index (κ2) is 8.79. The number of nitriles is 1. The number of morpholine rings is 1. The van der Waals surface area contributed by atoms with E-state index in [2.05, 4.69) is 50.3 Å². The lowest BCUT2D eigenvalue weighted by Crippen LogP contribution is -2.35. The fourth-order valence-electron chi connectivity index (χ4n) is 4.17. The third-order valence-electron chi connectivity index (χ3n) is 5.94. The van der Waals surface area contributed by atoms with Crippen LogP contribution in [-0.2, 0) is 11.3 Å². The zero-order chi connectivity index (χ0) is 21.9. The molecule has 0 saturated carbocycles. The van der Waals surface area contributed by atoms with Gasteiger partial charge in [0.15, 0.2) is 0 Å². The zero-order valence-corrected chi connectivity index (χ0v) is 17.9. The predicted octanol–water partition coefficient (Wildman–Crippen LogP) is 4.38. The number of pyridine rings is 2. The van der Waals surface area contributed by atoms with Gasteiger partial charge < -0.3 is 15.0 Å². The molecule has 0 atom stereocenters. The summed E-state index contributed by atoms with van der Waals surface area (Å²) in [6.45, 7) is 6.31. The van der Waals surface area contributed by atoms with E-state index in [9.17, 15) is 5.26 Å². The fourth-order valence-corrected chi connectivity index (χ4v) is 4.17. The smallest absolute Gasteiger partial charge is 0.103 e. The van der Waals surface area contributed by atoms with Crippen molar-refractivity contribution >= 4 is 22.3 Å². The van der Waals surface area contributed by atoms with E-state index in [1.54, 1.807) is 12.4 Å². The Morgan fingerprint density at radius 2 is 2.06 bits per heavy atom. The molecule has 1 aliphatic heterocycles. The average molecular weight is 425 g/mol. The van der Waals surface area contributed by atoms with Crippen molar-refractivity contribution in [3.63, 3.8) is 0 Å². The maximum absolute atomic E-state index is 9.77. The van der Waals surface area contributed by atoms with Crippen LogP contribution in [0.4, 0.5) is 11.4 Å². The normalized spacial score (nSPS) is 14.4. The number of hydrogen-bond acceptors (Lipinski definition) is 6. The Kier molecular flexibility index (Phi) is 5.55. The molecule has 1 saturated heterocycles. The van der Waals surface area contributed by atoms with Crippen LogP contribution in [-0.4, -0.2) is 46.2 Å². The molecule has 0 aliphatic carbocycles. The summed E-state index contributed by atoms with van der Waals surface area (Å²) in [5, 5.41) is 14.4. The Morgan fingerprint density at radius 1 is 1.19 bits per heavy atom. The molecule has 1 fully saturated rings. The van der Waals surface area contributed by atoms with Gasteiger partial charge in [-0.25, -0.2) is 0 Å². The number of hydrogen-bond donors (Lipinski definition) is 2. The highest BCUT2D eigenvalue weighted by Gasteiger charge is 2.16. The number of ether oxygens (including phenoxy) is 1. The van der Waals surface area contributed by atoms with Gasteiger partial charge in [-0.2, -0.15) is 5.26 Å². The topological polar surface area (TPSA) is 89.9 Å². The number of rotatable bonds is 5. The highest BCUT2D eigenvalue weighted by Crippen LogP contribution is 2.34. The molecule has 2 N–H and O–H groups in total. The summed E-state index contributed by atoms with van der Waals surface area (Å²) in [7, 11) is 0. The second-order valence-electron chi connectivity index (χ2n) is 7.96. The van der Waals surface area contributed by atoms with Gasteiger partial charge in [0.2, 0.25) is 0 Å². The van der Waals surface area contributed by atoms with E-state index in [1.807, 2.05) is 30.6 Å². The molecule has 1 aliphatic rings. The van der Waals surface area contributed by atoms with Crippen LogP contribution in [0.5, 0.6) is 0 Å². The SMILES string of the molecule is Cc1c(Nc2c(C#N)cncc2-c2cc(CN3CCOCC3)ccn2)ccc2[nH]ccc12. The van der Waals surface area contributed by atoms with E-state index in [0.717, 1.165) is 71.9 Å². The highest BCUT2D eigenvalue weighted by molar-refractivity contribution is 5.91. The Morgan fingerprint density at radius 3 is 2.91 bits per heavy atom. The van der Waals surface area contributed by atoms with Crippen molar-refractivity contribution in [1.29, 1.82) is 5.26 Å². The highest BCUT2D eigenvalue weighted by atomic mass is 16.5. The number of benzene rings is 1. The maximum Gasteiger partial charge on any atom is 0.103 e. The summed E-state index contributed by atoms with van der Waals surface area (Å²) in [5.41, 5.74) is 7.13. The van der Waals surface area contributed by atoms with Crippen LogP contribution in [0.2, 0.25) is 0 Å². The minimum atomic E-state index is 0.483. The van der Waals surface area contributed by atoms with Crippen molar-refractivity contribution in [1.82, 2.24) is 19.9 Å². The summed E-state index contributed by atoms with van der Waals surface area (Å²) >= 11 is 0. The first kappa shape index (κ1) is 20.2. The summed E-state index contributed by atoms with van der Waals surface area (Å²) in [4.78, 5) is 14.5. The maximum atomic E-state index is 9.77. The van der Waals surface area contributed by atoms with Gasteiger partial charge in [0.1, 0.15) is 6.07 Å². The first-order chi connectivity index (χ1) is 15.7. The number of H-pyrrole nitrogens is 1. The van der Waals surface area contributed by atoms with Gasteiger partial charge in [-0.3, -0.25) is 14.9 Å². The standard InChI is InChI=1S/C25H24N6O/c1-17-20-5-7-28-23(20)3-2-22(17)30-25-19(13-26)14-27-15-21(25)24-12-18(4-6-29-24)16-31-8-10-32-11-9-31/h2-7,12,14-15,28H,8-11,16H2,1H3,(H,27,30). The van der Waals surface area contributed by atoms with Crippen LogP contribution in [0.3, 0.4) is 0 Å². The molecule has 5 rings (SSSR count). The number of nitrogens with one attached hydrogen (secondary N) is 2. The molecule has 4 heterocycles. The van der Waals surface area contributed by atoms with Gasteiger partial charge in [-0.1, -0.05) is 0 Å². The molecule has 32 heavy (non-hydrogen) atoms. The third-order valence-corrected chi connectivity index (χ3v) is 5.94. The first-order valence-corrected chi connectivity index (χ1v) is 10.7. The lowest BCUT2D eigenvalue weighted by atomic mass is 10.0. The van der Waals surface area contributed by atoms with Crippen LogP contribution in [0.1, 0.15) is 16.7 Å². The Hall–Kier alpha value is -3.73. The van der Waals surface area contributed by atoms with Crippen LogP contribution >= 0.6 is 0 Å². The van der Waals surface area contributed by atoms with Gasteiger partial charge >= 0.3 is 0 Å². The van der Waals surface area contributed by atoms with Crippen LogP contribution in [0.25, 0.3) is 22.2 Å². The average Bonchev–Trinajstić information content (AvgIpc) is 3.31. The summed E-state index contributed by atoms with van der Waals surface area (Å²) in [6, 6.07) is 12.5. The molecule has 0 bridgehead atoms. The first-order valence-electron chi connectivity index (χ1n) is 10.7. The molecular weight excluding hydrogens is 400 g/mol. The number of aromatic nitrogens is 3. The van der Waals surface area contributed by atoms with E-state index in [1.165, 1.54) is 5.56 Å². The van der Waals surface area contributed by atoms with Crippen LogP contribution < -0.4 is 5.32 Å². The molecular formula is C25H24N6O. The molecule has 4 aromatic rings. The minimum absolute atomic E-state index is 0.483. The van der Waals surface area contributed by atoms with Crippen molar-refractivity contribution in [2.45, 2.75) is 13.5 Å². The Labute approximate surface area is 186 Å². The summed E-state index contributed by atoms with van der Waals surface area (Å²) < 4.78 is 5.46. The van der Waals surface area contributed by atoms with Crippen molar-refractivity contribution in [2.24, 2.45) is 0 Å². The Balaban J connectivity index is 1.52. The number of anilines is 2. The van der Waals surface area contributed by atoms with E-state index < -0.39 is 0 Å². The van der Waals surface area contributed by atoms with Gasteiger partial charge in [0, 0.05) is 66.6 Å². The van der Waals surface area contributed by atoms with E-state index in [0.29, 0.717) is 5.56 Å². The lowest BCUT2D eigenvalue weighted by Gasteiger charge is -2.26. The summed E-state index contributed by atoms with van der Waals surface area (Å²) in [6.07, 6.45) is 7.12. The number of aromatic amines is 1. The quantitative estimate of drug-likeness (QED) is 0.494. The molecule has 0 unspecified atom stereocenters. The Bertz CT molecular complexity index is 1300. The van der Waals surface area contributed by atoms with Gasteiger partial charge in [-0.05, 0) is 48.4 Å². The number of nitrogens with zero attached hydrogens (tertiary/aromatic N) is 4. The van der Waals surface area contributed by atoms with E-state index >= 15 is 0 Å². The molecule has 7 nitrogen and oxygen atoms in total. The zero-order valence-electron chi connectivity index (χ0n) is 17.9. The molecule has 160 valence electrons. The van der Waals surface area contributed by atoms with Gasteiger partial charge in [0.05, 0.1) is 30.2 Å². The monoisotopic (exact) mass is 424 g/mol. The van der Waals surface area contributed by atoms with Crippen molar-refractivity contribution in [2.75, 3.05) is 31.6 Å². The summed E-state index contributed by atoms with van der Waals surface area (Å²) in [5.74, 6) is 0. The lowest BCUT2D eigenvalue weighted by molar-refractivity contribution is 0.0342. The molecule has 0 spiro atoms. The fraction of sp³-hybridized carbons (Fsp3) is 0.240. The largest absolute Gasteiger partial charge is 0.379 e. The van der Waals surface area contributed by atoms with Crippen molar-refractivity contribution in [3.8, 4) is 17.3 Å². The molecule has 1 aromatic carbocycles. The molecule has 7 heteroatoms. The van der Waals surface area contributed by atoms with Crippen molar-refractivity contribution in [3.05, 3.63) is 71.8 Å². The van der Waals surface area contributed by atoms with Gasteiger partial charge in [0.25, 0.3) is 0 Å². The van der Waals surface area contributed by atoms with Gasteiger partial charge in [-0.15, -0.1) is 0 Å². The predicted molar refractivity (Wildman–Crippen MR) is 125 cm³/mol. The molecule has 0 amide bonds. The number of aryl methyl sites for hydroxylation is 1. The number of fused-ring (bicyclic) bond motifs is 1. The van der Waals surface area contributed by atoms with Crippen LogP contribution in [0.15, 0.2) is 55.1 Å².